The lowest BCUT2D eigenvalue weighted by atomic mass is 10.0. The second-order valence-corrected chi connectivity index (χ2v) is 9.80. The van der Waals surface area contributed by atoms with Gasteiger partial charge in [-0.1, -0.05) is 60.7 Å². The van der Waals surface area contributed by atoms with Crippen molar-refractivity contribution < 1.29 is 29.1 Å². The highest BCUT2D eigenvalue weighted by molar-refractivity contribution is 8.00. The number of hydroxylamine groups is 2. The van der Waals surface area contributed by atoms with Crippen molar-refractivity contribution >= 4 is 35.6 Å². The SMILES string of the molecule is CC(=O)OCC1=C(C(=O)OC(c2ccccc2)c2ccccc2)N2C(=O)C(NC3=NCCN3O)[C@@H]2SC1. The molecule has 11 heteroatoms. The molecule has 1 unspecified atom stereocenters. The van der Waals surface area contributed by atoms with Crippen molar-refractivity contribution in [1.29, 1.82) is 0 Å². The molecule has 0 aliphatic carbocycles. The molecule has 5 rings (SSSR count). The van der Waals surface area contributed by atoms with Crippen molar-refractivity contribution in [2.75, 3.05) is 25.4 Å². The van der Waals surface area contributed by atoms with Gasteiger partial charge in [-0.2, -0.15) is 0 Å². The number of ether oxygens (including phenoxy) is 2. The molecule has 0 bridgehead atoms. The van der Waals surface area contributed by atoms with Gasteiger partial charge in [0.2, 0.25) is 5.96 Å². The summed E-state index contributed by atoms with van der Waals surface area (Å²) in [6.07, 6.45) is -0.702. The Morgan fingerprint density at radius 3 is 2.35 bits per heavy atom. The van der Waals surface area contributed by atoms with Gasteiger partial charge in [0.1, 0.15) is 23.7 Å². The van der Waals surface area contributed by atoms with Gasteiger partial charge in [0.05, 0.1) is 13.1 Å². The molecule has 37 heavy (non-hydrogen) atoms. The number of carbonyl (C=O) groups is 3. The number of benzene rings is 2. The maximum atomic E-state index is 13.7. The van der Waals surface area contributed by atoms with Crippen LogP contribution >= 0.6 is 11.8 Å². The summed E-state index contributed by atoms with van der Waals surface area (Å²) in [4.78, 5) is 44.1. The number of nitrogens with one attached hydrogen (secondary N) is 1. The van der Waals surface area contributed by atoms with Crippen LogP contribution in [0.25, 0.3) is 0 Å². The first-order valence-electron chi connectivity index (χ1n) is 11.8. The molecular weight excluding hydrogens is 496 g/mol. The van der Waals surface area contributed by atoms with Crippen LogP contribution in [0.15, 0.2) is 76.9 Å². The third kappa shape index (κ3) is 5.05. The molecule has 2 atom stereocenters. The van der Waals surface area contributed by atoms with Gasteiger partial charge in [-0.25, -0.2) is 14.9 Å². The highest BCUT2D eigenvalue weighted by atomic mass is 32.2. The minimum Gasteiger partial charge on any atom is -0.461 e. The summed E-state index contributed by atoms with van der Waals surface area (Å²) in [5.41, 5.74) is 2.14. The van der Waals surface area contributed by atoms with Crippen LogP contribution in [0.4, 0.5) is 0 Å². The molecule has 3 aliphatic rings. The van der Waals surface area contributed by atoms with E-state index in [0.717, 1.165) is 16.2 Å². The van der Waals surface area contributed by atoms with Gasteiger partial charge in [-0.05, 0) is 11.1 Å². The molecule has 2 aromatic carbocycles. The van der Waals surface area contributed by atoms with E-state index in [2.05, 4.69) is 10.3 Å². The Morgan fingerprint density at radius 2 is 1.78 bits per heavy atom. The van der Waals surface area contributed by atoms with E-state index in [0.29, 0.717) is 24.4 Å². The largest absolute Gasteiger partial charge is 0.461 e. The molecule has 1 saturated heterocycles. The first-order chi connectivity index (χ1) is 17.9. The molecule has 1 amide bonds. The fraction of sp³-hybridized carbons (Fsp3) is 0.308. The average molecular weight is 523 g/mol. The number of esters is 2. The number of fused-ring (bicyclic) bond motifs is 1. The molecule has 192 valence electrons. The Labute approximate surface area is 217 Å². The second-order valence-electron chi connectivity index (χ2n) is 8.70. The van der Waals surface area contributed by atoms with Crippen LogP contribution in [-0.2, 0) is 23.9 Å². The monoisotopic (exact) mass is 522 g/mol. The van der Waals surface area contributed by atoms with Crippen molar-refractivity contribution in [1.82, 2.24) is 15.3 Å². The Kier molecular flexibility index (Phi) is 7.15. The van der Waals surface area contributed by atoms with E-state index < -0.39 is 29.5 Å². The maximum Gasteiger partial charge on any atom is 0.356 e. The molecule has 2 aromatic rings. The Morgan fingerprint density at radius 1 is 1.14 bits per heavy atom. The van der Waals surface area contributed by atoms with Crippen molar-refractivity contribution in [3.63, 3.8) is 0 Å². The topological polar surface area (TPSA) is 121 Å². The zero-order valence-corrected chi connectivity index (χ0v) is 20.9. The molecule has 0 aromatic heterocycles. The van der Waals surface area contributed by atoms with Crippen molar-refractivity contribution in [2.45, 2.75) is 24.4 Å². The second kappa shape index (κ2) is 10.7. The predicted molar refractivity (Wildman–Crippen MR) is 135 cm³/mol. The van der Waals surface area contributed by atoms with Crippen LogP contribution in [0, 0.1) is 0 Å². The van der Waals surface area contributed by atoms with Gasteiger partial charge in [0.15, 0.2) is 6.10 Å². The third-order valence-electron chi connectivity index (χ3n) is 6.22. The Hall–Kier alpha value is -3.83. The van der Waals surface area contributed by atoms with Gasteiger partial charge in [0, 0.05) is 18.2 Å². The molecular formula is C26H26N4O6S. The summed E-state index contributed by atoms with van der Waals surface area (Å²) in [6.45, 7) is 1.93. The number of aliphatic imine (C=N–C) groups is 1. The van der Waals surface area contributed by atoms with E-state index in [9.17, 15) is 19.6 Å². The smallest absolute Gasteiger partial charge is 0.356 e. The van der Waals surface area contributed by atoms with Gasteiger partial charge in [0.25, 0.3) is 5.91 Å². The minimum absolute atomic E-state index is 0.0825. The minimum atomic E-state index is -0.702. The normalized spacial score (nSPS) is 20.8. The number of hydrogen-bond donors (Lipinski definition) is 2. The van der Waals surface area contributed by atoms with Crippen molar-refractivity contribution in [2.24, 2.45) is 4.99 Å². The number of rotatable bonds is 7. The fourth-order valence-electron chi connectivity index (χ4n) is 4.42. The lowest BCUT2D eigenvalue weighted by Crippen LogP contribution is -2.71. The zero-order valence-electron chi connectivity index (χ0n) is 20.1. The van der Waals surface area contributed by atoms with Gasteiger partial charge < -0.3 is 14.8 Å². The lowest BCUT2D eigenvalue weighted by molar-refractivity contribution is -0.154. The highest BCUT2D eigenvalue weighted by Crippen LogP contribution is 2.41. The first kappa shape index (κ1) is 24.8. The summed E-state index contributed by atoms with van der Waals surface area (Å²) in [5.74, 6) is -0.940. The summed E-state index contributed by atoms with van der Waals surface area (Å²) in [6, 6.07) is 18.0. The average Bonchev–Trinajstić information content (AvgIpc) is 3.33. The molecule has 2 N–H and O–H groups in total. The molecule has 0 spiro atoms. The van der Waals surface area contributed by atoms with Crippen molar-refractivity contribution in [3.05, 3.63) is 83.1 Å². The standard InChI is InChI=1S/C26H26N4O6S/c1-16(31)35-14-19-15-37-24-20(28-26-27-12-13-29(26)34)23(32)30(24)21(19)25(33)36-22(17-8-4-2-5-9-17)18-10-6-3-7-11-18/h2-11,20,22,24,34H,12-15H2,1H3,(H,27,28)/t20?,24-/m0/s1. The number of nitrogens with zero attached hydrogens (tertiary/aromatic N) is 3. The Bertz CT molecular complexity index is 1210. The number of carbonyl (C=O) groups excluding carboxylic acids is 3. The van der Waals surface area contributed by atoms with E-state index in [1.807, 2.05) is 60.7 Å². The molecule has 3 aliphatic heterocycles. The van der Waals surface area contributed by atoms with E-state index in [-0.39, 0.29) is 24.2 Å². The number of thioether (sulfide) groups is 1. The fourth-order valence-corrected chi connectivity index (χ4v) is 5.74. The first-order valence-corrected chi connectivity index (χ1v) is 12.9. The molecule has 10 nitrogen and oxygen atoms in total. The van der Waals surface area contributed by atoms with Crippen LogP contribution in [0.5, 0.6) is 0 Å². The number of hydrogen-bond acceptors (Lipinski definition) is 10. The van der Waals surface area contributed by atoms with E-state index in [4.69, 9.17) is 9.47 Å². The van der Waals surface area contributed by atoms with Crippen LogP contribution in [0.2, 0.25) is 0 Å². The van der Waals surface area contributed by atoms with Gasteiger partial charge >= 0.3 is 11.9 Å². The highest BCUT2D eigenvalue weighted by Gasteiger charge is 2.55. The quantitative estimate of drug-likeness (QED) is 0.416. The number of guanidine groups is 1. The molecule has 3 heterocycles. The third-order valence-corrected chi connectivity index (χ3v) is 7.56. The van der Waals surface area contributed by atoms with Crippen molar-refractivity contribution in [3.8, 4) is 0 Å². The van der Waals surface area contributed by atoms with E-state index in [1.54, 1.807) is 0 Å². The summed E-state index contributed by atoms with van der Waals surface area (Å²) < 4.78 is 11.3. The number of amides is 1. The molecule has 0 saturated carbocycles. The van der Waals surface area contributed by atoms with Gasteiger partial charge in [-0.3, -0.25) is 19.7 Å². The van der Waals surface area contributed by atoms with Crippen LogP contribution in [-0.4, -0.2) is 75.8 Å². The summed E-state index contributed by atoms with van der Waals surface area (Å²) >= 11 is 1.43. The predicted octanol–water partition coefficient (Wildman–Crippen LogP) is 2.07. The van der Waals surface area contributed by atoms with Crippen LogP contribution in [0.1, 0.15) is 24.2 Å². The van der Waals surface area contributed by atoms with E-state index in [1.165, 1.54) is 23.6 Å². The van der Waals surface area contributed by atoms with Crippen LogP contribution < -0.4 is 5.32 Å². The Balaban J connectivity index is 1.44. The summed E-state index contributed by atoms with van der Waals surface area (Å²) in [7, 11) is 0. The van der Waals surface area contributed by atoms with E-state index >= 15 is 0 Å². The number of β-lactam (4-membered cyclic amide) rings is 1. The maximum absolute atomic E-state index is 13.7. The molecule has 0 radical (unpaired) electrons. The van der Waals surface area contributed by atoms with Gasteiger partial charge in [-0.15, -0.1) is 11.8 Å². The molecule has 1 fully saturated rings. The van der Waals surface area contributed by atoms with Crippen LogP contribution in [0.3, 0.4) is 0 Å². The lowest BCUT2D eigenvalue weighted by Gasteiger charge is -2.50. The zero-order chi connectivity index (χ0) is 25.9. The summed E-state index contributed by atoms with van der Waals surface area (Å²) in [5, 5.41) is 13.5.